The molecule has 0 unspecified atom stereocenters. The molecule has 0 bridgehead atoms. The number of methoxy groups -OCH3 is 1. The molecule has 1 amide bonds. The van der Waals surface area contributed by atoms with Crippen molar-refractivity contribution in [2.75, 3.05) is 26.7 Å². The SMILES string of the molecule is CC[C@H]1CN(CCNC(=O)c2cc(C(C)C)nn2C)Cc2cc(OC)ccc2O1. The van der Waals surface area contributed by atoms with Gasteiger partial charge in [-0.3, -0.25) is 14.4 Å². The van der Waals surface area contributed by atoms with Crippen molar-refractivity contribution in [1.82, 2.24) is 20.0 Å². The number of carbonyl (C=O) groups is 1. The van der Waals surface area contributed by atoms with Gasteiger partial charge in [0.2, 0.25) is 0 Å². The Labute approximate surface area is 173 Å². The first-order valence-corrected chi connectivity index (χ1v) is 10.3. The van der Waals surface area contributed by atoms with Crippen LogP contribution in [0, 0.1) is 0 Å². The minimum atomic E-state index is -0.0907. The molecule has 2 aromatic rings. The standard InChI is InChI=1S/C22H32N4O3/c1-6-17-14-26(13-16-11-18(28-5)7-8-21(16)29-17)10-9-23-22(27)20-12-19(15(2)3)24-25(20)4/h7-8,11-12,15,17H,6,9-10,13-14H2,1-5H3,(H,23,27)/t17-/m0/s1. The van der Waals surface area contributed by atoms with Crippen LogP contribution in [0.4, 0.5) is 0 Å². The quantitative estimate of drug-likeness (QED) is 0.774. The summed E-state index contributed by atoms with van der Waals surface area (Å²) in [6.07, 6.45) is 1.06. The molecule has 0 saturated heterocycles. The van der Waals surface area contributed by atoms with Crippen LogP contribution in [0.3, 0.4) is 0 Å². The third-order valence-electron chi connectivity index (χ3n) is 5.31. The molecule has 0 radical (unpaired) electrons. The summed E-state index contributed by atoms with van der Waals surface area (Å²) in [5, 5.41) is 7.45. The van der Waals surface area contributed by atoms with Gasteiger partial charge in [0.25, 0.3) is 5.91 Å². The Hall–Kier alpha value is -2.54. The summed E-state index contributed by atoms with van der Waals surface area (Å²) in [5.41, 5.74) is 2.63. The normalized spacial score (nSPS) is 16.8. The molecule has 158 valence electrons. The molecule has 0 spiro atoms. The highest BCUT2D eigenvalue weighted by Crippen LogP contribution is 2.29. The van der Waals surface area contributed by atoms with Gasteiger partial charge in [-0.2, -0.15) is 5.10 Å². The Balaban J connectivity index is 1.62. The Bertz CT molecular complexity index is 847. The number of ether oxygens (including phenoxy) is 2. The van der Waals surface area contributed by atoms with E-state index in [1.807, 2.05) is 31.3 Å². The van der Waals surface area contributed by atoms with E-state index in [2.05, 4.69) is 36.1 Å². The van der Waals surface area contributed by atoms with E-state index in [4.69, 9.17) is 9.47 Å². The molecule has 1 aliphatic heterocycles. The Kier molecular flexibility index (Phi) is 6.79. The summed E-state index contributed by atoms with van der Waals surface area (Å²) in [5.74, 6) is 1.95. The predicted octanol–water partition coefficient (Wildman–Crippen LogP) is 2.96. The molecule has 0 aliphatic carbocycles. The number of aryl methyl sites for hydroxylation is 1. The smallest absolute Gasteiger partial charge is 0.269 e. The van der Waals surface area contributed by atoms with Gasteiger partial charge in [0.05, 0.1) is 12.8 Å². The van der Waals surface area contributed by atoms with E-state index in [0.29, 0.717) is 18.2 Å². The summed E-state index contributed by atoms with van der Waals surface area (Å²) < 4.78 is 13.2. The molecule has 7 nitrogen and oxygen atoms in total. The van der Waals surface area contributed by atoms with Gasteiger partial charge >= 0.3 is 0 Å². The van der Waals surface area contributed by atoms with E-state index in [1.54, 1.807) is 11.8 Å². The highest BCUT2D eigenvalue weighted by atomic mass is 16.5. The highest BCUT2D eigenvalue weighted by molar-refractivity contribution is 5.92. The first-order chi connectivity index (χ1) is 13.9. The molecule has 3 rings (SSSR count). The average molecular weight is 401 g/mol. The van der Waals surface area contributed by atoms with Gasteiger partial charge in [0.1, 0.15) is 23.3 Å². The molecule has 7 heteroatoms. The van der Waals surface area contributed by atoms with Crippen LogP contribution < -0.4 is 14.8 Å². The number of fused-ring (bicyclic) bond motifs is 1. The van der Waals surface area contributed by atoms with Crippen LogP contribution in [0.1, 0.15) is 54.9 Å². The Morgan fingerprint density at radius 3 is 2.83 bits per heavy atom. The number of hydrogen-bond acceptors (Lipinski definition) is 5. The fourth-order valence-corrected chi connectivity index (χ4v) is 3.52. The van der Waals surface area contributed by atoms with E-state index in [-0.39, 0.29) is 12.0 Å². The molecule has 0 fully saturated rings. The molecule has 1 N–H and O–H groups in total. The van der Waals surface area contributed by atoms with Crippen LogP contribution >= 0.6 is 0 Å². The molecule has 1 atom stereocenters. The fourth-order valence-electron chi connectivity index (χ4n) is 3.52. The third kappa shape index (κ3) is 5.09. The monoisotopic (exact) mass is 400 g/mol. The minimum absolute atomic E-state index is 0.0907. The molecular formula is C22H32N4O3. The maximum atomic E-state index is 12.6. The van der Waals surface area contributed by atoms with Gasteiger partial charge in [-0.25, -0.2) is 0 Å². The largest absolute Gasteiger partial charge is 0.497 e. The lowest BCUT2D eigenvalue weighted by Gasteiger charge is -2.23. The van der Waals surface area contributed by atoms with Crippen molar-refractivity contribution in [2.45, 2.75) is 45.8 Å². The molecule has 2 heterocycles. The molecule has 1 aromatic carbocycles. The second kappa shape index (κ2) is 9.31. The van der Waals surface area contributed by atoms with E-state index in [1.165, 1.54) is 0 Å². The van der Waals surface area contributed by atoms with Crippen molar-refractivity contribution >= 4 is 5.91 Å². The van der Waals surface area contributed by atoms with Gasteiger partial charge in [-0.05, 0) is 36.6 Å². The topological polar surface area (TPSA) is 68.6 Å². The number of carbonyl (C=O) groups excluding carboxylic acids is 1. The van der Waals surface area contributed by atoms with Gasteiger partial charge in [0, 0.05) is 38.8 Å². The van der Waals surface area contributed by atoms with Crippen LogP contribution in [0.25, 0.3) is 0 Å². The van der Waals surface area contributed by atoms with E-state index < -0.39 is 0 Å². The van der Waals surface area contributed by atoms with E-state index >= 15 is 0 Å². The van der Waals surface area contributed by atoms with Gasteiger partial charge in [-0.15, -0.1) is 0 Å². The highest BCUT2D eigenvalue weighted by Gasteiger charge is 2.22. The lowest BCUT2D eigenvalue weighted by Crippen LogP contribution is -2.38. The lowest BCUT2D eigenvalue weighted by molar-refractivity contribution is 0.0933. The van der Waals surface area contributed by atoms with Crippen LogP contribution in [0.2, 0.25) is 0 Å². The van der Waals surface area contributed by atoms with E-state index in [0.717, 1.165) is 48.8 Å². The zero-order chi connectivity index (χ0) is 21.0. The number of amides is 1. The van der Waals surface area contributed by atoms with Crippen LogP contribution in [0.5, 0.6) is 11.5 Å². The van der Waals surface area contributed by atoms with Crippen LogP contribution in [-0.2, 0) is 13.6 Å². The summed E-state index contributed by atoms with van der Waals surface area (Å²) in [4.78, 5) is 14.9. The summed E-state index contributed by atoms with van der Waals surface area (Å²) in [6, 6.07) is 7.81. The van der Waals surface area contributed by atoms with Gasteiger partial charge in [0.15, 0.2) is 0 Å². The third-order valence-corrected chi connectivity index (χ3v) is 5.31. The summed E-state index contributed by atoms with van der Waals surface area (Å²) in [6.45, 7) is 9.18. The van der Waals surface area contributed by atoms with Crippen molar-refractivity contribution in [3.05, 3.63) is 41.2 Å². The minimum Gasteiger partial charge on any atom is -0.497 e. The second-order valence-electron chi connectivity index (χ2n) is 7.85. The maximum Gasteiger partial charge on any atom is 0.269 e. The number of nitrogens with zero attached hydrogens (tertiary/aromatic N) is 3. The second-order valence-corrected chi connectivity index (χ2v) is 7.85. The summed E-state index contributed by atoms with van der Waals surface area (Å²) >= 11 is 0. The summed E-state index contributed by atoms with van der Waals surface area (Å²) in [7, 11) is 3.48. The van der Waals surface area contributed by atoms with Crippen molar-refractivity contribution in [1.29, 1.82) is 0 Å². The first kappa shape index (κ1) is 21.2. The number of hydrogen-bond donors (Lipinski definition) is 1. The molecule has 1 aromatic heterocycles. The van der Waals surface area contributed by atoms with Crippen molar-refractivity contribution in [2.24, 2.45) is 7.05 Å². The number of nitrogens with one attached hydrogen (secondary N) is 1. The molecule has 0 saturated carbocycles. The fraction of sp³-hybridized carbons (Fsp3) is 0.545. The van der Waals surface area contributed by atoms with Crippen LogP contribution in [-0.4, -0.2) is 53.4 Å². The first-order valence-electron chi connectivity index (χ1n) is 10.3. The van der Waals surface area contributed by atoms with Gasteiger partial charge < -0.3 is 14.8 Å². The van der Waals surface area contributed by atoms with Gasteiger partial charge in [-0.1, -0.05) is 20.8 Å². The van der Waals surface area contributed by atoms with Crippen molar-refractivity contribution in [3.63, 3.8) is 0 Å². The van der Waals surface area contributed by atoms with E-state index in [9.17, 15) is 4.79 Å². The number of aromatic nitrogens is 2. The number of benzene rings is 1. The maximum absolute atomic E-state index is 12.6. The van der Waals surface area contributed by atoms with Crippen molar-refractivity contribution in [3.8, 4) is 11.5 Å². The lowest BCUT2D eigenvalue weighted by atomic mass is 10.1. The Morgan fingerprint density at radius 1 is 1.38 bits per heavy atom. The molecule has 1 aliphatic rings. The Morgan fingerprint density at radius 2 is 2.17 bits per heavy atom. The predicted molar refractivity (Wildman–Crippen MR) is 113 cm³/mol. The van der Waals surface area contributed by atoms with Crippen molar-refractivity contribution < 1.29 is 14.3 Å². The zero-order valence-electron chi connectivity index (χ0n) is 18.1. The average Bonchev–Trinajstić information content (AvgIpc) is 3.00. The zero-order valence-corrected chi connectivity index (χ0v) is 18.1. The molecular weight excluding hydrogens is 368 g/mol. The van der Waals surface area contributed by atoms with Crippen LogP contribution in [0.15, 0.2) is 24.3 Å². The number of rotatable bonds is 7. The molecule has 29 heavy (non-hydrogen) atoms.